The highest BCUT2D eigenvalue weighted by Gasteiger charge is 2.25. The molecule has 0 bridgehead atoms. The highest BCUT2D eigenvalue weighted by molar-refractivity contribution is 7.84. The molecule has 2 N–H and O–H groups in total. The molecule has 1 aliphatic carbocycles. The second-order valence-electron chi connectivity index (χ2n) is 10.3. The molecule has 0 amide bonds. The van der Waals surface area contributed by atoms with E-state index in [1.807, 2.05) is 49.4 Å². The zero-order chi connectivity index (χ0) is 29.6. The summed E-state index contributed by atoms with van der Waals surface area (Å²) in [5, 5.41) is 18.0. The first kappa shape index (κ1) is 30.7. The van der Waals surface area contributed by atoms with Crippen molar-refractivity contribution in [2.24, 2.45) is 5.92 Å². The maximum absolute atomic E-state index is 13.7. The van der Waals surface area contributed by atoms with E-state index in [0.717, 1.165) is 39.2 Å². The molecule has 1 aliphatic rings. The van der Waals surface area contributed by atoms with Crippen molar-refractivity contribution in [3.8, 4) is 0 Å². The minimum absolute atomic E-state index is 0.145. The number of carbonyl (C=O) groups is 2. The molecule has 5 nitrogen and oxygen atoms in total. The lowest BCUT2D eigenvalue weighted by molar-refractivity contribution is -0.138. The highest BCUT2D eigenvalue weighted by Crippen LogP contribution is 2.43. The van der Waals surface area contributed by atoms with Gasteiger partial charge in [-0.05, 0) is 101 Å². The fourth-order valence-corrected chi connectivity index (χ4v) is 5.13. The maximum Gasteiger partial charge on any atom is 0.310 e. The molecule has 4 rings (SSSR count). The lowest BCUT2D eigenvalue weighted by Crippen LogP contribution is -2.07. The van der Waals surface area contributed by atoms with Crippen molar-refractivity contribution in [3.63, 3.8) is 0 Å². The van der Waals surface area contributed by atoms with Crippen molar-refractivity contribution < 1.29 is 28.4 Å². The van der Waals surface area contributed by atoms with Gasteiger partial charge in [-0.3, -0.25) is 13.8 Å². The molecule has 0 aliphatic heterocycles. The van der Waals surface area contributed by atoms with E-state index in [0.29, 0.717) is 17.1 Å². The molecule has 0 fully saturated rings. The van der Waals surface area contributed by atoms with E-state index in [-0.39, 0.29) is 12.2 Å². The third kappa shape index (κ3) is 7.85. The van der Waals surface area contributed by atoms with Gasteiger partial charge in [0.15, 0.2) is 0 Å². The summed E-state index contributed by atoms with van der Waals surface area (Å²) in [5.74, 6) is -1.89. The number of allylic oxidation sites excluding steroid dienone is 2. The Morgan fingerprint density at radius 2 is 1.55 bits per heavy atom. The van der Waals surface area contributed by atoms with Gasteiger partial charge in [-0.15, -0.1) is 0 Å². The molecular weight excluding hydrogens is 527 g/mol. The number of fused-ring (bicyclic) bond motifs is 1. The fraction of sp³-hybridized carbons (Fsp3) is 0.273. The Bertz CT molecular complexity index is 1470. The van der Waals surface area contributed by atoms with Crippen LogP contribution in [0.15, 0.2) is 77.2 Å². The molecule has 3 aromatic rings. The number of carboxylic acid groups (broad SMARTS) is 2. The normalized spacial score (nSPS) is 14.9. The molecule has 40 heavy (non-hydrogen) atoms. The average molecular weight is 563 g/mol. The summed E-state index contributed by atoms with van der Waals surface area (Å²) in [6.07, 6.45) is 4.47. The minimum Gasteiger partial charge on any atom is -0.481 e. The van der Waals surface area contributed by atoms with Crippen LogP contribution >= 0.6 is 0 Å². The number of benzene rings is 3. The quantitative estimate of drug-likeness (QED) is 0.298. The van der Waals surface area contributed by atoms with Crippen LogP contribution in [-0.4, -0.2) is 32.6 Å². The Morgan fingerprint density at radius 1 is 0.925 bits per heavy atom. The van der Waals surface area contributed by atoms with Crippen LogP contribution in [0.4, 0.5) is 4.39 Å². The largest absolute Gasteiger partial charge is 0.481 e. The van der Waals surface area contributed by atoms with Crippen LogP contribution in [0.3, 0.4) is 0 Å². The van der Waals surface area contributed by atoms with Gasteiger partial charge in [-0.2, -0.15) is 0 Å². The van der Waals surface area contributed by atoms with E-state index in [1.165, 1.54) is 17.7 Å². The number of aliphatic carboxylic acids is 2. The molecule has 210 valence electrons. The summed E-state index contributed by atoms with van der Waals surface area (Å²) < 4.78 is 25.1. The van der Waals surface area contributed by atoms with Crippen molar-refractivity contribution in [1.82, 2.24) is 0 Å². The fourth-order valence-electron chi connectivity index (χ4n) is 4.61. The summed E-state index contributed by atoms with van der Waals surface area (Å²) in [6, 6.07) is 19.7. The highest BCUT2D eigenvalue weighted by atomic mass is 32.2. The number of hydrogen-bond acceptors (Lipinski definition) is 3. The van der Waals surface area contributed by atoms with Crippen LogP contribution < -0.4 is 0 Å². The molecule has 2 unspecified atom stereocenters. The van der Waals surface area contributed by atoms with E-state index < -0.39 is 28.7 Å². The Kier molecular flexibility index (Phi) is 10.3. The lowest BCUT2D eigenvalue weighted by atomic mass is 9.97. The Labute approximate surface area is 237 Å². The summed E-state index contributed by atoms with van der Waals surface area (Å²) in [5.41, 5.74) is 6.88. The first-order chi connectivity index (χ1) is 18.9. The first-order valence-electron chi connectivity index (χ1n) is 13.1. The van der Waals surface area contributed by atoms with Crippen molar-refractivity contribution in [2.75, 3.05) is 6.26 Å². The molecule has 0 radical (unpaired) electrons. The molecule has 0 aromatic heterocycles. The van der Waals surface area contributed by atoms with E-state index in [2.05, 4.69) is 13.8 Å². The van der Waals surface area contributed by atoms with Crippen LogP contribution in [0.1, 0.15) is 67.9 Å². The third-order valence-corrected chi connectivity index (χ3v) is 7.73. The SMILES string of the molecule is CC(C)Cc1ccc(C(C)C(=O)O)cc1.CC1=C(CC(=O)O)c2cc(F)ccc2/C1=C\c1ccc(S(C)=O)cc1. The van der Waals surface area contributed by atoms with Crippen molar-refractivity contribution in [2.45, 2.75) is 51.3 Å². The van der Waals surface area contributed by atoms with Crippen LogP contribution in [0.5, 0.6) is 0 Å². The monoisotopic (exact) mass is 562 g/mol. The number of carboxylic acids is 2. The summed E-state index contributed by atoms with van der Waals surface area (Å²) in [6.45, 7) is 7.92. The molecule has 2 atom stereocenters. The number of halogens is 1. The first-order valence-corrected chi connectivity index (χ1v) is 14.6. The standard InChI is InChI=1S/C20H17FO3S.C13H18O2/c1-12-17(9-13-3-6-15(7-4-13)25(2)24)16-8-5-14(21)10-19(16)18(12)11-20(22)23;1-9(2)8-11-4-6-12(7-5-11)10(3)13(14)15/h3-10H,11H2,1-2H3,(H,22,23);4-7,9-10H,8H2,1-3H3,(H,14,15)/b17-9-;. The predicted octanol–water partition coefficient (Wildman–Crippen LogP) is 7.44. The number of rotatable bonds is 8. The smallest absolute Gasteiger partial charge is 0.310 e. The van der Waals surface area contributed by atoms with Crippen LogP contribution in [-0.2, 0) is 26.8 Å². The van der Waals surface area contributed by atoms with Crippen molar-refractivity contribution in [3.05, 3.63) is 106 Å². The second kappa shape index (κ2) is 13.5. The predicted molar refractivity (Wildman–Crippen MR) is 159 cm³/mol. The molecule has 0 saturated carbocycles. The van der Waals surface area contributed by atoms with Gasteiger partial charge in [-0.1, -0.05) is 56.3 Å². The Hall–Kier alpha value is -3.84. The van der Waals surface area contributed by atoms with E-state index in [4.69, 9.17) is 10.2 Å². The molecule has 0 saturated heterocycles. The van der Waals surface area contributed by atoms with Crippen LogP contribution in [0.2, 0.25) is 0 Å². The molecule has 3 aromatic carbocycles. The van der Waals surface area contributed by atoms with Crippen LogP contribution in [0, 0.1) is 11.7 Å². The van der Waals surface area contributed by atoms with Gasteiger partial charge >= 0.3 is 11.9 Å². The van der Waals surface area contributed by atoms with Crippen molar-refractivity contribution in [1.29, 1.82) is 0 Å². The summed E-state index contributed by atoms with van der Waals surface area (Å²) in [4.78, 5) is 22.7. The zero-order valence-electron chi connectivity index (χ0n) is 23.4. The topological polar surface area (TPSA) is 91.7 Å². The van der Waals surface area contributed by atoms with Gasteiger partial charge in [0.1, 0.15) is 5.82 Å². The second-order valence-corrected chi connectivity index (χ2v) is 11.7. The minimum atomic E-state index is -1.04. The summed E-state index contributed by atoms with van der Waals surface area (Å²) >= 11 is 0. The Morgan fingerprint density at radius 3 is 2.08 bits per heavy atom. The zero-order valence-corrected chi connectivity index (χ0v) is 24.2. The lowest BCUT2D eigenvalue weighted by Gasteiger charge is -2.09. The maximum atomic E-state index is 13.7. The van der Waals surface area contributed by atoms with Gasteiger partial charge in [0.05, 0.1) is 12.3 Å². The molecule has 0 spiro atoms. The molecular formula is C33H35FO5S. The van der Waals surface area contributed by atoms with E-state index in [1.54, 1.807) is 31.4 Å². The average Bonchev–Trinajstić information content (AvgIpc) is 3.13. The van der Waals surface area contributed by atoms with Gasteiger partial charge in [0.2, 0.25) is 0 Å². The third-order valence-electron chi connectivity index (χ3n) is 6.80. The van der Waals surface area contributed by atoms with E-state index >= 15 is 0 Å². The van der Waals surface area contributed by atoms with Crippen molar-refractivity contribution >= 4 is 40.0 Å². The molecule has 7 heteroatoms. The van der Waals surface area contributed by atoms with Gasteiger partial charge in [0.25, 0.3) is 0 Å². The number of hydrogen-bond donors (Lipinski definition) is 2. The van der Waals surface area contributed by atoms with Gasteiger partial charge in [0, 0.05) is 22.0 Å². The molecule has 0 heterocycles. The summed E-state index contributed by atoms with van der Waals surface area (Å²) in [7, 11) is -1.04. The van der Waals surface area contributed by atoms with E-state index in [9.17, 15) is 18.2 Å². The van der Waals surface area contributed by atoms with Gasteiger partial charge < -0.3 is 10.2 Å². The van der Waals surface area contributed by atoms with Crippen LogP contribution in [0.25, 0.3) is 17.2 Å². The Balaban J connectivity index is 0.000000252. The van der Waals surface area contributed by atoms with Gasteiger partial charge in [-0.25, -0.2) is 4.39 Å².